The van der Waals surface area contributed by atoms with Crippen molar-refractivity contribution in [3.05, 3.63) is 47.7 Å². The van der Waals surface area contributed by atoms with Gasteiger partial charge in [-0.05, 0) is 68.2 Å². The zero-order valence-electron chi connectivity index (χ0n) is 20.0. The maximum atomic E-state index is 13.7. The summed E-state index contributed by atoms with van der Waals surface area (Å²) in [4.78, 5) is 19.8. The van der Waals surface area contributed by atoms with Gasteiger partial charge in [-0.1, -0.05) is 45.4 Å². The van der Waals surface area contributed by atoms with Gasteiger partial charge < -0.3 is 10.1 Å². The van der Waals surface area contributed by atoms with Crippen LogP contribution >= 0.6 is 0 Å². The highest BCUT2D eigenvalue weighted by Crippen LogP contribution is 2.36. The van der Waals surface area contributed by atoms with Crippen molar-refractivity contribution in [3.8, 4) is 5.88 Å². The van der Waals surface area contributed by atoms with E-state index in [4.69, 9.17) is 4.74 Å². The molecule has 5 nitrogen and oxygen atoms in total. The summed E-state index contributed by atoms with van der Waals surface area (Å²) in [6.07, 6.45) is 2.56. The smallest absolute Gasteiger partial charge is 0.326 e. The van der Waals surface area contributed by atoms with Crippen LogP contribution in [0.15, 0.2) is 36.4 Å². The number of benzene rings is 1. The Hall–Kier alpha value is -2.70. The van der Waals surface area contributed by atoms with Crippen molar-refractivity contribution in [2.75, 3.05) is 16.8 Å². The number of hydrogen-bond donors (Lipinski definition) is 1. The molecule has 2 amide bonds. The topological polar surface area (TPSA) is 54.5 Å². The Bertz CT molecular complexity index is 928. The van der Waals surface area contributed by atoms with E-state index in [1.807, 2.05) is 23.1 Å². The second-order valence-corrected chi connectivity index (χ2v) is 9.10. The quantitative estimate of drug-likeness (QED) is 0.455. The maximum absolute atomic E-state index is 13.7. The molecule has 1 fully saturated rings. The van der Waals surface area contributed by atoms with Crippen molar-refractivity contribution in [1.29, 1.82) is 0 Å². The van der Waals surface area contributed by atoms with Gasteiger partial charge >= 0.3 is 6.03 Å². The van der Waals surface area contributed by atoms with Gasteiger partial charge in [-0.25, -0.2) is 18.6 Å². The summed E-state index contributed by atoms with van der Waals surface area (Å²) in [5.41, 5.74) is 2.90. The Labute approximate surface area is 195 Å². The van der Waals surface area contributed by atoms with E-state index in [9.17, 15) is 13.6 Å². The summed E-state index contributed by atoms with van der Waals surface area (Å²) in [7, 11) is 0. The first kappa shape index (κ1) is 24.9. The third-order valence-electron chi connectivity index (χ3n) is 6.38. The fourth-order valence-electron chi connectivity index (χ4n) is 4.53. The van der Waals surface area contributed by atoms with Crippen LogP contribution in [0, 0.1) is 12.8 Å². The average molecular weight is 460 g/mol. The van der Waals surface area contributed by atoms with Crippen molar-refractivity contribution in [2.45, 2.75) is 78.2 Å². The molecule has 180 valence electrons. The van der Waals surface area contributed by atoms with Crippen molar-refractivity contribution in [2.24, 2.45) is 5.92 Å². The Morgan fingerprint density at radius 2 is 1.85 bits per heavy atom. The third kappa shape index (κ3) is 6.42. The molecule has 0 bridgehead atoms. The molecule has 0 unspecified atom stereocenters. The second kappa shape index (κ2) is 11.4. The highest BCUT2D eigenvalue weighted by molar-refractivity contribution is 6.03. The predicted octanol–water partition coefficient (Wildman–Crippen LogP) is 7.16. The predicted molar refractivity (Wildman–Crippen MR) is 129 cm³/mol. The van der Waals surface area contributed by atoms with E-state index in [-0.39, 0.29) is 23.9 Å². The van der Waals surface area contributed by atoms with Crippen molar-refractivity contribution < 1.29 is 18.3 Å². The molecule has 0 radical (unpaired) electrons. The second-order valence-electron chi connectivity index (χ2n) is 9.10. The molecule has 1 aliphatic rings. The lowest BCUT2D eigenvalue weighted by molar-refractivity contribution is 0.0799. The fraction of sp³-hybridized carbons (Fsp3) is 0.538. The van der Waals surface area contributed by atoms with E-state index in [0.29, 0.717) is 17.3 Å². The summed E-state index contributed by atoms with van der Waals surface area (Å²) in [6.45, 7) is 7.42. The van der Waals surface area contributed by atoms with Gasteiger partial charge in [0.1, 0.15) is 5.69 Å². The summed E-state index contributed by atoms with van der Waals surface area (Å²) in [5, 5.41) is 2.90. The van der Waals surface area contributed by atoms with Crippen molar-refractivity contribution >= 4 is 17.4 Å². The molecule has 0 atom stereocenters. The molecule has 1 N–H and O–H groups in total. The number of pyridine rings is 1. The largest absolute Gasteiger partial charge is 0.470 e. The molecule has 7 heteroatoms. The molecule has 2 aromatic rings. The molecule has 1 heterocycles. The van der Waals surface area contributed by atoms with E-state index < -0.39 is 13.0 Å². The Morgan fingerprint density at radius 1 is 1.15 bits per heavy atom. The number of hydrogen-bond acceptors (Lipinski definition) is 3. The van der Waals surface area contributed by atoms with Gasteiger partial charge in [0.2, 0.25) is 5.88 Å². The number of nitrogens with zero attached hydrogens (tertiary/aromatic N) is 2. The minimum atomic E-state index is -2.63. The Kier molecular flexibility index (Phi) is 8.64. The lowest BCUT2D eigenvalue weighted by Crippen LogP contribution is -2.45. The minimum absolute atomic E-state index is 0.00966. The number of para-hydroxylation sites is 1. The van der Waals surface area contributed by atoms with E-state index in [1.165, 1.54) is 0 Å². The number of carbonyl (C=O) groups excluding carboxylic acids is 1. The van der Waals surface area contributed by atoms with Gasteiger partial charge in [-0.2, -0.15) is 0 Å². The number of amides is 2. The molecule has 1 saturated carbocycles. The van der Waals surface area contributed by atoms with Crippen LogP contribution in [0.5, 0.6) is 5.88 Å². The van der Waals surface area contributed by atoms with Crippen LogP contribution in [0.25, 0.3) is 0 Å². The highest BCUT2D eigenvalue weighted by atomic mass is 19.3. The monoisotopic (exact) mass is 459 g/mol. The van der Waals surface area contributed by atoms with Gasteiger partial charge in [-0.3, -0.25) is 4.90 Å². The van der Waals surface area contributed by atoms with Gasteiger partial charge in [0, 0.05) is 17.4 Å². The first-order chi connectivity index (χ1) is 15.8. The van der Waals surface area contributed by atoms with Crippen LogP contribution in [0.4, 0.5) is 25.0 Å². The maximum Gasteiger partial charge on any atom is 0.326 e. The molecule has 0 aliphatic heterocycles. The first-order valence-corrected chi connectivity index (χ1v) is 11.9. The molecular weight excluding hydrogens is 424 g/mol. The standard InChI is InChI=1S/C26H35F2N3O2/c1-5-19-11-13-20(14-12-19)31(23-9-7-6-8-21(23)17(2)3)26(32)30-22-15-10-18(4)29-25(22)33-16-24(27)28/h6-10,15,17,19-20,24H,5,11-14,16H2,1-4H3,(H,30,32). The van der Waals surface area contributed by atoms with Crippen LogP contribution < -0.4 is 15.0 Å². The zero-order valence-corrected chi connectivity index (χ0v) is 20.0. The number of carbonyl (C=O) groups is 1. The Morgan fingerprint density at radius 3 is 2.48 bits per heavy atom. The molecule has 0 saturated heterocycles. The fourth-order valence-corrected chi connectivity index (χ4v) is 4.53. The number of aryl methyl sites for hydroxylation is 1. The number of urea groups is 1. The van der Waals surface area contributed by atoms with E-state index >= 15 is 0 Å². The van der Waals surface area contributed by atoms with Crippen molar-refractivity contribution in [1.82, 2.24) is 4.98 Å². The molecule has 33 heavy (non-hydrogen) atoms. The van der Waals surface area contributed by atoms with Gasteiger partial charge in [0.15, 0.2) is 6.61 Å². The van der Waals surface area contributed by atoms with Crippen LogP contribution in [0.2, 0.25) is 0 Å². The number of aromatic nitrogens is 1. The highest BCUT2D eigenvalue weighted by Gasteiger charge is 2.31. The lowest BCUT2D eigenvalue weighted by atomic mass is 9.83. The molecule has 1 aromatic heterocycles. The van der Waals surface area contributed by atoms with Crippen LogP contribution in [-0.4, -0.2) is 30.1 Å². The number of halogens is 2. The van der Waals surface area contributed by atoms with E-state index in [1.54, 1.807) is 19.1 Å². The molecular formula is C26H35F2N3O2. The number of alkyl halides is 2. The lowest BCUT2D eigenvalue weighted by Gasteiger charge is -2.38. The summed E-state index contributed by atoms with van der Waals surface area (Å²) in [5.74, 6) is 0.951. The molecule has 1 aromatic carbocycles. The summed E-state index contributed by atoms with van der Waals surface area (Å²) in [6, 6.07) is 11.1. The minimum Gasteiger partial charge on any atom is -0.470 e. The molecule has 3 rings (SSSR count). The summed E-state index contributed by atoms with van der Waals surface area (Å²) >= 11 is 0. The third-order valence-corrected chi connectivity index (χ3v) is 6.38. The van der Waals surface area contributed by atoms with Crippen molar-refractivity contribution in [3.63, 3.8) is 0 Å². The van der Waals surface area contributed by atoms with E-state index in [2.05, 4.69) is 37.1 Å². The normalized spacial score (nSPS) is 18.4. The number of ether oxygens (including phenoxy) is 1. The van der Waals surface area contributed by atoms with Gasteiger partial charge in [0.05, 0.1) is 0 Å². The van der Waals surface area contributed by atoms with E-state index in [0.717, 1.165) is 43.4 Å². The number of anilines is 2. The average Bonchev–Trinajstić information content (AvgIpc) is 2.80. The SMILES string of the molecule is CCC1CCC(N(C(=O)Nc2ccc(C)nc2OCC(F)F)c2ccccc2C(C)C)CC1. The first-order valence-electron chi connectivity index (χ1n) is 11.9. The molecule has 1 aliphatic carbocycles. The van der Waals surface area contributed by atoms with Crippen LogP contribution in [-0.2, 0) is 0 Å². The molecule has 0 spiro atoms. The number of rotatable bonds is 8. The Balaban J connectivity index is 1.93. The van der Waals surface area contributed by atoms with Gasteiger partial charge in [-0.15, -0.1) is 0 Å². The zero-order chi connectivity index (χ0) is 24.0. The number of nitrogens with one attached hydrogen (secondary N) is 1. The van der Waals surface area contributed by atoms with Crippen LogP contribution in [0.1, 0.15) is 70.1 Å². The van der Waals surface area contributed by atoms with Gasteiger partial charge in [0.25, 0.3) is 6.43 Å². The van der Waals surface area contributed by atoms with Crippen LogP contribution in [0.3, 0.4) is 0 Å². The summed E-state index contributed by atoms with van der Waals surface area (Å²) < 4.78 is 30.7.